The Labute approximate surface area is 187 Å². The van der Waals surface area contributed by atoms with Gasteiger partial charge in [-0.3, -0.25) is 4.79 Å². The highest BCUT2D eigenvalue weighted by atomic mass is 16.5. The molecule has 0 bridgehead atoms. The summed E-state index contributed by atoms with van der Waals surface area (Å²) in [6.45, 7) is 16.1. The van der Waals surface area contributed by atoms with Gasteiger partial charge in [0.1, 0.15) is 11.5 Å². The summed E-state index contributed by atoms with van der Waals surface area (Å²) >= 11 is 0. The van der Waals surface area contributed by atoms with Crippen LogP contribution in [-0.2, 0) is 5.41 Å². The van der Waals surface area contributed by atoms with Crippen LogP contribution in [0, 0.1) is 0 Å². The Morgan fingerprint density at radius 2 is 1.61 bits per heavy atom. The molecule has 31 heavy (non-hydrogen) atoms. The Hall–Kier alpha value is -3.01. The van der Waals surface area contributed by atoms with Crippen molar-refractivity contribution in [1.82, 2.24) is 0 Å². The number of anilines is 1. The first-order chi connectivity index (χ1) is 14.6. The molecular weight excluding hydrogens is 386 g/mol. The number of hydrogen-bond acceptors (Lipinski definition) is 4. The van der Waals surface area contributed by atoms with E-state index in [0.29, 0.717) is 17.1 Å². The summed E-state index contributed by atoms with van der Waals surface area (Å²) in [6, 6.07) is 11.4. The zero-order valence-corrected chi connectivity index (χ0v) is 19.8. The Balaban J connectivity index is 2.59. The van der Waals surface area contributed by atoms with Crippen LogP contribution >= 0.6 is 0 Å². The van der Waals surface area contributed by atoms with Crippen LogP contribution in [0.25, 0.3) is 6.08 Å². The molecular formula is C27H35NO3. The van der Waals surface area contributed by atoms with Crippen molar-refractivity contribution in [2.24, 2.45) is 0 Å². The molecule has 0 spiro atoms. The van der Waals surface area contributed by atoms with Crippen molar-refractivity contribution in [3.8, 4) is 11.5 Å². The zero-order valence-electron chi connectivity index (χ0n) is 19.8. The summed E-state index contributed by atoms with van der Waals surface area (Å²) in [5, 5.41) is 3.06. The van der Waals surface area contributed by atoms with Gasteiger partial charge in [-0.25, -0.2) is 0 Å². The van der Waals surface area contributed by atoms with Gasteiger partial charge < -0.3 is 14.8 Å². The number of benzene rings is 2. The van der Waals surface area contributed by atoms with Gasteiger partial charge in [0.2, 0.25) is 0 Å². The maximum atomic E-state index is 12.8. The zero-order chi connectivity index (χ0) is 23.2. The van der Waals surface area contributed by atoms with Crippen LogP contribution in [0.2, 0.25) is 0 Å². The van der Waals surface area contributed by atoms with E-state index in [1.165, 1.54) is 0 Å². The normalized spacial score (nSPS) is 11.8. The molecule has 0 aliphatic carbocycles. The molecule has 4 heteroatoms. The summed E-state index contributed by atoms with van der Waals surface area (Å²) in [4.78, 5) is 12.8. The maximum Gasteiger partial charge on any atom is 0.185 e. The lowest BCUT2D eigenvalue weighted by molar-refractivity contribution is 0.104. The lowest BCUT2D eigenvalue weighted by Gasteiger charge is -2.28. The number of carbonyl (C=O) groups is 1. The number of nitrogens with one attached hydrogen (secondary N) is 1. The van der Waals surface area contributed by atoms with E-state index in [0.717, 1.165) is 16.8 Å². The molecule has 4 nitrogen and oxygen atoms in total. The van der Waals surface area contributed by atoms with Gasteiger partial charge in [0.15, 0.2) is 5.78 Å². The van der Waals surface area contributed by atoms with E-state index in [-0.39, 0.29) is 23.4 Å². The predicted molar refractivity (Wildman–Crippen MR) is 131 cm³/mol. The Morgan fingerprint density at radius 1 is 1.00 bits per heavy atom. The van der Waals surface area contributed by atoms with Crippen molar-refractivity contribution < 1.29 is 14.3 Å². The number of allylic oxidation sites excluding steroid dienone is 2. The fourth-order valence-corrected chi connectivity index (χ4v) is 3.13. The molecule has 0 fully saturated rings. The second-order valence-corrected chi connectivity index (χ2v) is 8.64. The van der Waals surface area contributed by atoms with Gasteiger partial charge in [-0.1, -0.05) is 26.0 Å². The second kappa shape index (κ2) is 10.3. The van der Waals surface area contributed by atoms with Crippen LogP contribution in [0.3, 0.4) is 0 Å². The van der Waals surface area contributed by atoms with E-state index in [1.807, 2.05) is 77.2 Å². The number of ketones is 1. The summed E-state index contributed by atoms with van der Waals surface area (Å²) in [6.07, 6.45) is 5.23. The van der Waals surface area contributed by atoms with Gasteiger partial charge in [-0.2, -0.15) is 0 Å². The van der Waals surface area contributed by atoms with Gasteiger partial charge in [0.25, 0.3) is 0 Å². The van der Waals surface area contributed by atoms with Crippen molar-refractivity contribution in [2.45, 2.75) is 59.2 Å². The van der Waals surface area contributed by atoms with Crippen LogP contribution in [0.1, 0.15) is 63.0 Å². The quantitative estimate of drug-likeness (QED) is 0.265. The van der Waals surface area contributed by atoms with Crippen LogP contribution in [0.4, 0.5) is 5.69 Å². The van der Waals surface area contributed by atoms with E-state index in [4.69, 9.17) is 9.47 Å². The largest absolute Gasteiger partial charge is 0.490 e. The molecule has 2 rings (SSSR count). The summed E-state index contributed by atoms with van der Waals surface area (Å²) in [7, 11) is 1.85. The molecule has 2 aromatic rings. The molecule has 2 aromatic carbocycles. The lowest BCUT2D eigenvalue weighted by Crippen LogP contribution is -2.19. The first kappa shape index (κ1) is 24.3. The monoisotopic (exact) mass is 421 g/mol. The summed E-state index contributed by atoms with van der Waals surface area (Å²) < 4.78 is 12.3. The van der Waals surface area contributed by atoms with Crippen molar-refractivity contribution in [2.75, 3.05) is 12.4 Å². The van der Waals surface area contributed by atoms with E-state index >= 15 is 0 Å². The fraction of sp³-hybridized carbons (Fsp3) is 0.370. The number of rotatable bonds is 10. The van der Waals surface area contributed by atoms with Crippen molar-refractivity contribution in [3.63, 3.8) is 0 Å². The molecule has 166 valence electrons. The van der Waals surface area contributed by atoms with Crippen molar-refractivity contribution in [3.05, 3.63) is 71.8 Å². The number of ether oxygens (including phenoxy) is 2. The minimum Gasteiger partial charge on any atom is -0.490 e. The highest BCUT2D eigenvalue weighted by Crippen LogP contribution is 2.41. The van der Waals surface area contributed by atoms with Crippen molar-refractivity contribution >= 4 is 17.5 Å². The average molecular weight is 422 g/mol. The molecule has 0 heterocycles. The Kier molecular flexibility index (Phi) is 8.09. The van der Waals surface area contributed by atoms with E-state index in [9.17, 15) is 4.79 Å². The molecule has 0 aliphatic heterocycles. The van der Waals surface area contributed by atoms with Gasteiger partial charge >= 0.3 is 0 Å². The first-order valence-electron chi connectivity index (χ1n) is 10.7. The SMILES string of the molecule is C=CC(C)(C)c1ccc(OC(C)C)c(/C=C/C(=O)c2ccc(NC)cc2)c1OC(C)C. The third kappa shape index (κ3) is 6.24. The predicted octanol–water partition coefficient (Wildman–Crippen LogP) is 6.66. The van der Waals surface area contributed by atoms with Crippen LogP contribution in [0.5, 0.6) is 11.5 Å². The standard InChI is InChI=1S/C27H35NO3/c1-9-27(6,7)23-15-17-25(30-18(2)3)22(26(23)31-19(4)5)14-16-24(29)20-10-12-21(28-8)13-11-20/h9-19,28H,1H2,2-8H3/b16-14+. The highest BCUT2D eigenvalue weighted by molar-refractivity contribution is 6.07. The molecule has 0 unspecified atom stereocenters. The second-order valence-electron chi connectivity index (χ2n) is 8.64. The highest BCUT2D eigenvalue weighted by Gasteiger charge is 2.26. The minimum atomic E-state index is -0.309. The molecule has 1 N–H and O–H groups in total. The molecule has 0 atom stereocenters. The first-order valence-corrected chi connectivity index (χ1v) is 10.7. The molecule has 0 amide bonds. The van der Waals surface area contributed by atoms with Gasteiger partial charge in [0.05, 0.1) is 17.8 Å². The van der Waals surface area contributed by atoms with E-state index in [1.54, 1.807) is 12.2 Å². The maximum absolute atomic E-state index is 12.8. The molecule has 0 aromatic heterocycles. The van der Waals surface area contributed by atoms with E-state index in [2.05, 4.69) is 25.7 Å². The Bertz CT molecular complexity index is 938. The minimum absolute atomic E-state index is 0.0119. The third-order valence-electron chi connectivity index (χ3n) is 4.94. The number of carbonyl (C=O) groups excluding carboxylic acids is 1. The summed E-state index contributed by atoms with van der Waals surface area (Å²) in [5.41, 5.74) is 3.03. The molecule has 0 radical (unpaired) electrons. The van der Waals surface area contributed by atoms with Gasteiger partial charge in [-0.05, 0) is 70.2 Å². The topological polar surface area (TPSA) is 47.6 Å². The van der Waals surface area contributed by atoms with E-state index < -0.39 is 0 Å². The lowest BCUT2D eigenvalue weighted by atomic mass is 9.83. The third-order valence-corrected chi connectivity index (χ3v) is 4.94. The number of hydrogen-bond donors (Lipinski definition) is 1. The van der Waals surface area contributed by atoms with Crippen molar-refractivity contribution in [1.29, 1.82) is 0 Å². The Morgan fingerprint density at radius 3 is 2.13 bits per heavy atom. The van der Waals surface area contributed by atoms with Crippen LogP contribution in [-0.4, -0.2) is 25.0 Å². The average Bonchev–Trinajstić information content (AvgIpc) is 2.72. The smallest absolute Gasteiger partial charge is 0.185 e. The fourth-order valence-electron chi connectivity index (χ4n) is 3.13. The van der Waals surface area contributed by atoms with Gasteiger partial charge in [0, 0.05) is 29.3 Å². The molecule has 0 aliphatic rings. The summed E-state index contributed by atoms with van der Waals surface area (Å²) in [5.74, 6) is 1.32. The molecule has 0 saturated carbocycles. The van der Waals surface area contributed by atoms with Crippen LogP contribution < -0.4 is 14.8 Å². The molecule has 0 saturated heterocycles. The van der Waals surface area contributed by atoms with Gasteiger partial charge in [-0.15, -0.1) is 6.58 Å². The van der Waals surface area contributed by atoms with Crippen LogP contribution in [0.15, 0.2) is 55.1 Å².